The fraction of sp³-hybridized carbons (Fsp3) is 0. The molecule has 0 heterocycles. The van der Waals surface area contributed by atoms with Crippen molar-refractivity contribution in [2.75, 3.05) is 0 Å². The average molecular weight is 242 g/mol. The van der Waals surface area contributed by atoms with Crippen LogP contribution in [0.4, 0.5) is 5.69 Å². The lowest BCUT2D eigenvalue weighted by Crippen LogP contribution is -2.05. The summed E-state index contributed by atoms with van der Waals surface area (Å²) in [5.41, 5.74) is 5.32. The zero-order valence-corrected chi connectivity index (χ0v) is 9.37. The van der Waals surface area contributed by atoms with Crippen LogP contribution in [0.25, 0.3) is 16.8 Å². The molecule has 0 aliphatic heterocycles. The molecule has 2 N–H and O–H groups in total. The first-order chi connectivity index (χ1) is 8.59. The number of nitro groups is 1. The van der Waals surface area contributed by atoms with Crippen LogP contribution in [0.15, 0.2) is 42.5 Å². The zero-order valence-electron chi connectivity index (χ0n) is 9.37. The number of carbonyl (C=O) groups is 1. The fourth-order valence-corrected chi connectivity index (χ4v) is 1.78. The van der Waals surface area contributed by atoms with E-state index in [0.717, 1.165) is 11.5 Å². The minimum Gasteiger partial charge on any atom is -0.366 e. The van der Waals surface area contributed by atoms with Crippen LogP contribution < -0.4 is 5.73 Å². The van der Waals surface area contributed by atoms with E-state index in [-0.39, 0.29) is 5.69 Å². The van der Waals surface area contributed by atoms with Crippen molar-refractivity contribution in [3.63, 3.8) is 0 Å². The van der Waals surface area contributed by atoms with Gasteiger partial charge < -0.3 is 5.73 Å². The molecule has 0 aliphatic rings. The van der Waals surface area contributed by atoms with Gasteiger partial charge in [-0.25, -0.2) is 0 Å². The van der Waals surface area contributed by atoms with Crippen molar-refractivity contribution in [2.24, 2.45) is 5.73 Å². The Balaban J connectivity index is 2.70. The van der Waals surface area contributed by atoms with Gasteiger partial charge in [-0.1, -0.05) is 24.3 Å². The smallest absolute Gasteiger partial charge is 0.284 e. The van der Waals surface area contributed by atoms with E-state index in [2.05, 4.69) is 0 Å². The highest BCUT2D eigenvalue weighted by molar-refractivity contribution is 5.97. The maximum Gasteiger partial charge on any atom is 0.284 e. The van der Waals surface area contributed by atoms with Crippen LogP contribution in [0, 0.1) is 10.1 Å². The molecule has 2 aromatic rings. The van der Waals surface area contributed by atoms with Gasteiger partial charge in [0.25, 0.3) is 5.69 Å². The quantitative estimate of drug-likeness (QED) is 0.508. The fourth-order valence-electron chi connectivity index (χ4n) is 1.78. The molecule has 0 unspecified atom stereocenters. The first-order valence-corrected chi connectivity index (χ1v) is 5.23. The summed E-state index contributed by atoms with van der Waals surface area (Å²) in [4.78, 5) is 21.4. The van der Waals surface area contributed by atoms with Gasteiger partial charge in [0.15, 0.2) is 0 Å². The molecule has 0 fully saturated rings. The molecule has 1 amide bonds. The van der Waals surface area contributed by atoms with E-state index in [4.69, 9.17) is 5.73 Å². The Kier molecular flexibility index (Phi) is 3.05. The van der Waals surface area contributed by atoms with Crippen molar-refractivity contribution in [3.8, 4) is 0 Å². The molecule has 0 aromatic heterocycles. The van der Waals surface area contributed by atoms with Gasteiger partial charge in [0.1, 0.15) is 0 Å². The molecule has 0 bridgehead atoms. The van der Waals surface area contributed by atoms with Crippen molar-refractivity contribution >= 4 is 28.4 Å². The summed E-state index contributed by atoms with van der Waals surface area (Å²) in [5, 5.41) is 12.5. The number of fused-ring (bicyclic) bond motifs is 1. The molecule has 90 valence electrons. The van der Waals surface area contributed by atoms with Crippen molar-refractivity contribution in [1.82, 2.24) is 0 Å². The number of amides is 1. The minimum absolute atomic E-state index is 0.0226. The third-order valence-corrected chi connectivity index (χ3v) is 2.54. The summed E-state index contributed by atoms with van der Waals surface area (Å²) in [6.45, 7) is 0. The van der Waals surface area contributed by atoms with E-state index in [0.29, 0.717) is 10.9 Å². The summed E-state index contributed by atoms with van der Waals surface area (Å²) in [7, 11) is 0. The predicted molar refractivity (Wildman–Crippen MR) is 68.8 cm³/mol. The predicted octanol–water partition coefficient (Wildman–Crippen LogP) is 2.25. The first kappa shape index (κ1) is 11.8. The second kappa shape index (κ2) is 4.67. The van der Waals surface area contributed by atoms with Gasteiger partial charge in [-0.3, -0.25) is 14.9 Å². The number of primary amides is 1. The minimum atomic E-state index is -0.641. The van der Waals surface area contributed by atoms with Gasteiger partial charge >= 0.3 is 0 Å². The van der Waals surface area contributed by atoms with Crippen molar-refractivity contribution < 1.29 is 9.72 Å². The van der Waals surface area contributed by atoms with E-state index in [1.807, 2.05) is 6.07 Å². The van der Waals surface area contributed by atoms with Gasteiger partial charge in [0, 0.05) is 6.08 Å². The maximum absolute atomic E-state index is 11.1. The summed E-state index contributed by atoms with van der Waals surface area (Å²) in [5.74, 6) is -0.641. The van der Waals surface area contributed by atoms with E-state index < -0.39 is 10.8 Å². The number of rotatable bonds is 3. The Morgan fingerprint density at radius 3 is 2.61 bits per heavy atom. The topological polar surface area (TPSA) is 86.2 Å². The normalized spacial score (nSPS) is 10.9. The zero-order chi connectivity index (χ0) is 13.1. The molecular weight excluding hydrogens is 232 g/mol. The van der Waals surface area contributed by atoms with Gasteiger partial charge in [0.2, 0.25) is 5.91 Å². The number of nitrogens with two attached hydrogens (primary N) is 1. The summed E-state index contributed by atoms with van der Waals surface area (Å²) < 4.78 is 0. The van der Waals surface area contributed by atoms with E-state index in [1.54, 1.807) is 30.3 Å². The van der Waals surface area contributed by atoms with Gasteiger partial charge in [0.05, 0.1) is 15.9 Å². The molecule has 0 saturated heterocycles. The Hall–Kier alpha value is -2.69. The van der Waals surface area contributed by atoms with Crippen LogP contribution in [0.3, 0.4) is 0 Å². The SMILES string of the molecule is NC(=O)/C=C\c1ccc2ccccc2c1[N+](=O)[O-]. The molecular formula is C13H10N2O3. The van der Waals surface area contributed by atoms with Gasteiger partial charge in [-0.05, 0) is 23.6 Å². The second-order valence-corrected chi connectivity index (χ2v) is 3.72. The lowest BCUT2D eigenvalue weighted by atomic mass is 10.0. The highest BCUT2D eigenvalue weighted by atomic mass is 16.6. The van der Waals surface area contributed by atoms with Crippen molar-refractivity contribution in [1.29, 1.82) is 0 Å². The van der Waals surface area contributed by atoms with Crippen LogP contribution in [0.5, 0.6) is 0 Å². The molecule has 5 heteroatoms. The van der Waals surface area contributed by atoms with E-state index in [1.165, 1.54) is 6.08 Å². The number of nitrogens with zero attached hydrogens (tertiary/aromatic N) is 1. The number of hydrogen-bond acceptors (Lipinski definition) is 3. The van der Waals surface area contributed by atoms with Crippen LogP contribution in [-0.2, 0) is 4.79 Å². The van der Waals surface area contributed by atoms with Crippen molar-refractivity contribution in [3.05, 3.63) is 58.2 Å². The molecule has 0 aliphatic carbocycles. The molecule has 0 radical (unpaired) electrons. The number of nitro benzene ring substituents is 1. The highest BCUT2D eigenvalue weighted by Gasteiger charge is 2.16. The Morgan fingerprint density at radius 1 is 1.22 bits per heavy atom. The lowest BCUT2D eigenvalue weighted by molar-refractivity contribution is -0.383. The molecule has 18 heavy (non-hydrogen) atoms. The van der Waals surface area contributed by atoms with E-state index >= 15 is 0 Å². The largest absolute Gasteiger partial charge is 0.366 e. The first-order valence-electron chi connectivity index (χ1n) is 5.23. The molecule has 0 saturated carbocycles. The summed E-state index contributed by atoms with van der Waals surface area (Å²) >= 11 is 0. The van der Waals surface area contributed by atoms with Crippen LogP contribution in [0.2, 0.25) is 0 Å². The third kappa shape index (κ3) is 2.20. The molecule has 5 nitrogen and oxygen atoms in total. The van der Waals surface area contributed by atoms with Crippen LogP contribution >= 0.6 is 0 Å². The lowest BCUT2D eigenvalue weighted by Gasteiger charge is -2.02. The van der Waals surface area contributed by atoms with E-state index in [9.17, 15) is 14.9 Å². The molecule has 2 rings (SSSR count). The standard InChI is InChI=1S/C13H10N2O3/c14-12(16)8-7-10-6-5-9-3-1-2-4-11(9)13(10)15(17)18/h1-8H,(H2,14,16)/b8-7-. The molecule has 0 atom stereocenters. The maximum atomic E-state index is 11.1. The number of benzene rings is 2. The second-order valence-electron chi connectivity index (χ2n) is 3.72. The summed E-state index contributed by atoms with van der Waals surface area (Å²) in [6.07, 6.45) is 2.46. The Labute approximate surface area is 103 Å². The number of carbonyl (C=O) groups excluding carboxylic acids is 1. The summed E-state index contributed by atoms with van der Waals surface area (Å²) in [6, 6.07) is 10.4. The van der Waals surface area contributed by atoms with Gasteiger partial charge in [-0.2, -0.15) is 0 Å². The van der Waals surface area contributed by atoms with Gasteiger partial charge in [-0.15, -0.1) is 0 Å². The molecule has 2 aromatic carbocycles. The Morgan fingerprint density at radius 2 is 1.94 bits per heavy atom. The monoisotopic (exact) mass is 242 g/mol. The average Bonchev–Trinajstić information content (AvgIpc) is 2.35. The highest BCUT2D eigenvalue weighted by Crippen LogP contribution is 2.30. The number of hydrogen-bond donors (Lipinski definition) is 1. The third-order valence-electron chi connectivity index (χ3n) is 2.54. The van der Waals surface area contributed by atoms with Crippen molar-refractivity contribution in [2.45, 2.75) is 0 Å². The van der Waals surface area contributed by atoms with Crippen LogP contribution in [0.1, 0.15) is 5.56 Å². The van der Waals surface area contributed by atoms with Crippen LogP contribution in [-0.4, -0.2) is 10.8 Å². The Bertz CT molecular complexity index is 662. The molecule has 0 spiro atoms.